The van der Waals surface area contributed by atoms with Crippen LogP contribution in [0.4, 0.5) is 4.39 Å². The second kappa shape index (κ2) is 6.19. The SMILES string of the molecule is CC(O)CCC=COc1ccc(F)cc1. The van der Waals surface area contributed by atoms with Gasteiger partial charge in [-0.1, -0.05) is 0 Å². The molecule has 1 N–H and O–H groups in total. The van der Waals surface area contributed by atoms with E-state index in [0.29, 0.717) is 12.2 Å². The summed E-state index contributed by atoms with van der Waals surface area (Å²) in [5, 5.41) is 8.98. The molecule has 2 nitrogen and oxygen atoms in total. The number of benzene rings is 1. The first-order chi connectivity index (χ1) is 7.18. The Morgan fingerprint density at radius 3 is 2.67 bits per heavy atom. The van der Waals surface area contributed by atoms with E-state index in [0.717, 1.165) is 6.42 Å². The smallest absolute Gasteiger partial charge is 0.126 e. The minimum atomic E-state index is -0.291. The van der Waals surface area contributed by atoms with Crippen LogP contribution in [-0.2, 0) is 0 Å². The van der Waals surface area contributed by atoms with E-state index in [-0.39, 0.29) is 11.9 Å². The number of allylic oxidation sites excluding steroid dienone is 1. The first kappa shape index (κ1) is 11.7. The summed E-state index contributed by atoms with van der Waals surface area (Å²) in [6, 6.07) is 5.82. The Morgan fingerprint density at radius 2 is 2.07 bits per heavy atom. The van der Waals surface area contributed by atoms with Gasteiger partial charge in [-0.3, -0.25) is 0 Å². The zero-order chi connectivity index (χ0) is 11.1. The average Bonchev–Trinajstić information content (AvgIpc) is 2.20. The van der Waals surface area contributed by atoms with Gasteiger partial charge in [-0.25, -0.2) is 4.39 Å². The van der Waals surface area contributed by atoms with Crippen molar-refractivity contribution in [2.24, 2.45) is 0 Å². The van der Waals surface area contributed by atoms with Crippen molar-refractivity contribution in [2.45, 2.75) is 25.9 Å². The minimum absolute atomic E-state index is 0.277. The standard InChI is InChI=1S/C12H15FO2/c1-10(14)4-2-3-9-15-12-7-5-11(13)6-8-12/h3,5-10,14H,2,4H2,1H3. The summed E-state index contributed by atoms with van der Waals surface area (Å²) < 4.78 is 17.7. The first-order valence-electron chi connectivity index (χ1n) is 4.94. The molecule has 1 aromatic carbocycles. The lowest BCUT2D eigenvalue weighted by Crippen LogP contribution is -1.97. The molecule has 1 rings (SSSR count). The van der Waals surface area contributed by atoms with Crippen molar-refractivity contribution in [1.82, 2.24) is 0 Å². The molecule has 0 amide bonds. The van der Waals surface area contributed by atoms with E-state index >= 15 is 0 Å². The fraction of sp³-hybridized carbons (Fsp3) is 0.333. The van der Waals surface area contributed by atoms with Crippen molar-refractivity contribution in [1.29, 1.82) is 0 Å². The molecular formula is C12H15FO2. The van der Waals surface area contributed by atoms with Crippen LogP contribution >= 0.6 is 0 Å². The van der Waals surface area contributed by atoms with E-state index in [1.165, 1.54) is 12.1 Å². The van der Waals surface area contributed by atoms with Crippen LogP contribution in [0.15, 0.2) is 36.6 Å². The zero-order valence-corrected chi connectivity index (χ0v) is 8.69. The number of aliphatic hydroxyl groups excluding tert-OH is 1. The molecule has 0 aliphatic rings. The van der Waals surface area contributed by atoms with Gasteiger partial charge in [-0.15, -0.1) is 0 Å². The number of hydrogen-bond acceptors (Lipinski definition) is 2. The summed E-state index contributed by atoms with van der Waals surface area (Å²) in [5.41, 5.74) is 0. The van der Waals surface area contributed by atoms with E-state index in [1.54, 1.807) is 25.3 Å². The maximum absolute atomic E-state index is 12.5. The molecular weight excluding hydrogens is 195 g/mol. The van der Waals surface area contributed by atoms with Crippen LogP contribution in [0.5, 0.6) is 5.75 Å². The Balaban J connectivity index is 2.27. The molecule has 0 spiro atoms. The highest BCUT2D eigenvalue weighted by atomic mass is 19.1. The third-order valence-corrected chi connectivity index (χ3v) is 1.87. The molecule has 1 aromatic rings. The van der Waals surface area contributed by atoms with E-state index in [2.05, 4.69) is 0 Å². The first-order valence-corrected chi connectivity index (χ1v) is 4.94. The third-order valence-electron chi connectivity index (χ3n) is 1.87. The van der Waals surface area contributed by atoms with Gasteiger partial charge in [0.2, 0.25) is 0 Å². The molecule has 1 atom stereocenters. The van der Waals surface area contributed by atoms with Crippen molar-refractivity contribution in [3.63, 3.8) is 0 Å². The average molecular weight is 210 g/mol. The van der Waals surface area contributed by atoms with E-state index in [4.69, 9.17) is 9.84 Å². The maximum atomic E-state index is 12.5. The number of rotatable bonds is 5. The summed E-state index contributed by atoms with van der Waals surface area (Å²) in [7, 11) is 0. The van der Waals surface area contributed by atoms with Gasteiger partial charge in [-0.05, 0) is 50.1 Å². The predicted molar refractivity (Wildman–Crippen MR) is 57.1 cm³/mol. The highest BCUT2D eigenvalue weighted by molar-refractivity contribution is 5.22. The topological polar surface area (TPSA) is 29.5 Å². The Labute approximate surface area is 89.0 Å². The molecule has 0 heterocycles. The van der Waals surface area contributed by atoms with Crippen LogP contribution in [0.2, 0.25) is 0 Å². The van der Waals surface area contributed by atoms with Gasteiger partial charge in [0.15, 0.2) is 0 Å². The van der Waals surface area contributed by atoms with Crippen LogP contribution in [0.25, 0.3) is 0 Å². The van der Waals surface area contributed by atoms with Crippen LogP contribution in [0.1, 0.15) is 19.8 Å². The number of aliphatic hydroxyl groups is 1. The van der Waals surface area contributed by atoms with Crippen molar-refractivity contribution in [3.05, 3.63) is 42.4 Å². The van der Waals surface area contributed by atoms with E-state index in [1.807, 2.05) is 6.08 Å². The van der Waals surface area contributed by atoms with E-state index < -0.39 is 0 Å². The summed E-state index contributed by atoms with van der Waals surface area (Å²) in [4.78, 5) is 0. The van der Waals surface area contributed by atoms with Gasteiger partial charge in [-0.2, -0.15) is 0 Å². The molecule has 3 heteroatoms. The molecule has 0 saturated carbocycles. The fourth-order valence-corrected chi connectivity index (χ4v) is 1.05. The third kappa shape index (κ3) is 5.18. The van der Waals surface area contributed by atoms with Gasteiger partial charge in [0.1, 0.15) is 11.6 Å². The summed E-state index contributed by atoms with van der Waals surface area (Å²) in [5.74, 6) is 0.324. The lowest BCUT2D eigenvalue weighted by molar-refractivity contribution is 0.185. The van der Waals surface area contributed by atoms with Gasteiger partial charge in [0, 0.05) is 0 Å². The largest absolute Gasteiger partial charge is 0.465 e. The Morgan fingerprint density at radius 1 is 1.40 bits per heavy atom. The second-order valence-corrected chi connectivity index (χ2v) is 3.37. The molecule has 0 bridgehead atoms. The molecule has 0 radical (unpaired) electrons. The Kier molecular flexibility index (Phi) is 4.84. The second-order valence-electron chi connectivity index (χ2n) is 3.37. The highest BCUT2D eigenvalue weighted by Crippen LogP contribution is 2.11. The summed E-state index contributed by atoms with van der Waals surface area (Å²) >= 11 is 0. The predicted octanol–water partition coefficient (Wildman–Crippen LogP) is 2.88. The van der Waals surface area contributed by atoms with Crippen molar-refractivity contribution >= 4 is 0 Å². The highest BCUT2D eigenvalue weighted by Gasteiger charge is 1.93. The lowest BCUT2D eigenvalue weighted by Gasteiger charge is -2.00. The fourth-order valence-electron chi connectivity index (χ4n) is 1.05. The van der Waals surface area contributed by atoms with E-state index in [9.17, 15) is 4.39 Å². The molecule has 82 valence electrons. The van der Waals surface area contributed by atoms with Crippen LogP contribution in [0.3, 0.4) is 0 Å². The summed E-state index contributed by atoms with van der Waals surface area (Å²) in [6.07, 6.45) is 4.56. The van der Waals surface area contributed by atoms with Crippen molar-refractivity contribution < 1.29 is 14.2 Å². The van der Waals surface area contributed by atoms with Crippen LogP contribution < -0.4 is 4.74 Å². The molecule has 0 fully saturated rings. The monoisotopic (exact) mass is 210 g/mol. The van der Waals surface area contributed by atoms with Crippen molar-refractivity contribution in [3.8, 4) is 5.75 Å². The number of halogens is 1. The lowest BCUT2D eigenvalue weighted by atomic mass is 10.2. The normalized spacial score (nSPS) is 13.0. The quantitative estimate of drug-likeness (QED) is 0.757. The van der Waals surface area contributed by atoms with Gasteiger partial charge >= 0.3 is 0 Å². The molecule has 0 saturated heterocycles. The summed E-state index contributed by atoms with van der Waals surface area (Å²) in [6.45, 7) is 1.74. The molecule has 15 heavy (non-hydrogen) atoms. The zero-order valence-electron chi connectivity index (χ0n) is 8.69. The molecule has 0 aromatic heterocycles. The molecule has 1 unspecified atom stereocenters. The number of hydrogen-bond donors (Lipinski definition) is 1. The maximum Gasteiger partial charge on any atom is 0.126 e. The van der Waals surface area contributed by atoms with Gasteiger partial charge in [0.05, 0.1) is 12.4 Å². The van der Waals surface area contributed by atoms with Gasteiger partial charge < -0.3 is 9.84 Å². The molecule has 0 aliphatic heterocycles. The molecule has 0 aliphatic carbocycles. The minimum Gasteiger partial charge on any atom is -0.465 e. The van der Waals surface area contributed by atoms with Crippen LogP contribution in [-0.4, -0.2) is 11.2 Å². The number of ether oxygens (including phenoxy) is 1. The Hall–Kier alpha value is -1.35. The van der Waals surface area contributed by atoms with Crippen LogP contribution in [0, 0.1) is 5.82 Å². The van der Waals surface area contributed by atoms with Crippen molar-refractivity contribution in [2.75, 3.05) is 0 Å². The Bertz CT molecular complexity index is 304. The van der Waals surface area contributed by atoms with Gasteiger partial charge in [0.25, 0.3) is 0 Å².